The summed E-state index contributed by atoms with van der Waals surface area (Å²) in [6.45, 7) is 7.10. The SMILES string of the molecule is CC1CN(CCNC(=O)CN2C(=O)COc3cc(Br)ccc32)CC(C)O1. The number of carbonyl (C=O) groups is 2. The molecule has 0 aliphatic carbocycles. The van der Waals surface area contributed by atoms with E-state index in [1.165, 1.54) is 4.90 Å². The minimum Gasteiger partial charge on any atom is -0.482 e. The van der Waals surface area contributed by atoms with E-state index in [2.05, 4.69) is 40.0 Å². The summed E-state index contributed by atoms with van der Waals surface area (Å²) >= 11 is 3.38. The number of nitrogens with zero attached hydrogens (tertiary/aromatic N) is 2. The molecule has 2 aliphatic rings. The van der Waals surface area contributed by atoms with Crippen molar-refractivity contribution in [3.05, 3.63) is 22.7 Å². The Kier molecular flexibility index (Phi) is 6.16. The van der Waals surface area contributed by atoms with E-state index >= 15 is 0 Å². The summed E-state index contributed by atoms with van der Waals surface area (Å²) in [5.41, 5.74) is 0.621. The third-order valence-electron chi connectivity index (χ3n) is 4.41. The second-order valence-corrected chi connectivity index (χ2v) is 7.66. The molecule has 0 radical (unpaired) electrons. The van der Waals surface area contributed by atoms with Crippen LogP contribution in [0.15, 0.2) is 22.7 Å². The minimum absolute atomic E-state index is 0.00720. The van der Waals surface area contributed by atoms with Crippen LogP contribution in [0.25, 0.3) is 0 Å². The van der Waals surface area contributed by atoms with Crippen LogP contribution in [-0.2, 0) is 14.3 Å². The zero-order chi connectivity index (χ0) is 18.7. The Labute approximate surface area is 161 Å². The van der Waals surface area contributed by atoms with Crippen LogP contribution in [0.1, 0.15) is 13.8 Å². The number of hydrogen-bond donors (Lipinski definition) is 1. The van der Waals surface area contributed by atoms with Crippen LogP contribution in [0, 0.1) is 0 Å². The molecule has 0 aromatic heterocycles. The number of hydrogen-bond acceptors (Lipinski definition) is 5. The first kappa shape index (κ1) is 19.1. The standard InChI is InChI=1S/C18H24BrN3O4/c1-12-8-21(9-13(2)26-12)6-5-20-17(23)10-22-15-4-3-14(19)7-16(15)25-11-18(22)24/h3-4,7,12-13H,5-6,8-11H2,1-2H3,(H,20,23). The van der Waals surface area contributed by atoms with Crippen molar-refractivity contribution in [2.24, 2.45) is 0 Å². The maximum absolute atomic E-state index is 12.3. The highest BCUT2D eigenvalue weighted by Crippen LogP contribution is 2.34. The second-order valence-electron chi connectivity index (χ2n) is 6.75. The molecule has 1 N–H and O–H groups in total. The summed E-state index contributed by atoms with van der Waals surface area (Å²) in [4.78, 5) is 28.2. The van der Waals surface area contributed by atoms with E-state index in [1.807, 2.05) is 6.07 Å². The van der Waals surface area contributed by atoms with Crippen molar-refractivity contribution in [2.45, 2.75) is 26.1 Å². The molecule has 1 aromatic rings. The highest BCUT2D eigenvalue weighted by molar-refractivity contribution is 9.10. The molecule has 3 rings (SSSR count). The molecule has 0 spiro atoms. The van der Waals surface area contributed by atoms with Gasteiger partial charge in [0.2, 0.25) is 5.91 Å². The monoisotopic (exact) mass is 425 g/mol. The lowest BCUT2D eigenvalue weighted by molar-refractivity contribution is -0.125. The van der Waals surface area contributed by atoms with E-state index in [-0.39, 0.29) is 37.2 Å². The molecule has 2 heterocycles. The average molecular weight is 426 g/mol. The highest BCUT2D eigenvalue weighted by atomic mass is 79.9. The fourth-order valence-electron chi connectivity index (χ4n) is 3.37. The van der Waals surface area contributed by atoms with E-state index in [9.17, 15) is 9.59 Å². The Morgan fingerprint density at radius 2 is 2.04 bits per heavy atom. The molecular formula is C18H24BrN3O4. The van der Waals surface area contributed by atoms with Crippen LogP contribution in [0.5, 0.6) is 5.75 Å². The number of amides is 2. The van der Waals surface area contributed by atoms with E-state index in [1.54, 1.807) is 12.1 Å². The molecular weight excluding hydrogens is 402 g/mol. The predicted octanol–water partition coefficient (Wildman–Crippen LogP) is 1.40. The number of fused-ring (bicyclic) bond motifs is 1. The van der Waals surface area contributed by atoms with Crippen LogP contribution in [0.2, 0.25) is 0 Å². The van der Waals surface area contributed by atoms with Gasteiger partial charge in [0.25, 0.3) is 5.91 Å². The van der Waals surface area contributed by atoms with Gasteiger partial charge in [-0.1, -0.05) is 15.9 Å². The van der Waals surface area contributed by atoms with E-state index < -0.39 is 0 Å². The van der Waals surface area contributed by atoms with Crippen LogP contribution < -0.4 is 15.0 Å². The Morgan fingerprint density at radius 1 is 1.31 bits per heavy atom. The second kappa shape index (κ2) is 8.37. The van der Waals surface area contributed by atoms with E-state index in [0.717, 1.165) is 24.1 Å². The lowest BCUT2D eigenvalue weighted by Gasteiger charge is -2.35. The van der Waals surface area contributed by atoms with Gasteiger partial charge in [-0.15, -0.1) is 0 Å². The normalized spacial score (nSPS) is 23.3. The van der Waals surface area contributed by atoms with Crippen LogP contribution >= 0.6 is 15.9 Å². The largest absolute Gasteiger partial charge is 0.482 e. The number of nitrogens with one attached hydrogen (secondary N) is 1. The van der Waals surface area contributed by atoms with Gasteiger partial charge in [0.1, 0.15) is 12.3 Å². The van der Waals surface area contributed by atoms with Crippen molar-refractivity contribution in [2.75, 3.05) is 44.2 Å². The molecule has 1 fully saturated rings. The van der Waals surface area contributed by atoms with Gasteiger partial charge in [-0.25, -0.2) is 0 Å². The zero-order valence-corrected chi connectivity index (χ0v) is 16.6. The third-order valence-corrected chi connectivity index (χ3v) is 4.91. The van der Waals surface area contributed by atoms with Gasteiger partial charge in [-0.05, 0) is 32.0 Å². The fourth-order valence-corrected chi connectivity index (χ4v) is 3.71. The van der Waals surface area contributed by atoms with E-state index in [4.69, 9.17) is 9.47 Å². The molecule has 0 saturated carbocycles. The zero-order valence-electron chi connectivity index (χ0n) is 15.0. The van der Waals surface area contributed by atoms with Crippen LogP contribution in [0.3, 0.4) is 0 Å². The number of ether oxygens (including phenoxy) is 2. The fraction of sp³-hybridized carbons (Fsp3) is 0.556. The van der Waals surface area contributed by atoms with Gasteiger partial charge in [-0.3, -0.25) is 19.4 Å². The minimum atomic E-state index is -0.217. The van der Waals surface area contributed by atoms with Crippen molar-refractivity contribution >= 4 is 33.4 Å². The number of carbonyl (C=O) groups excluding carboxylic acids is 2. The van der Waals surface area contributed by atoms with Crippen LogP contribution in [-0.4, -0.2) is 68.3 Å². The number of anilines is 1. The molecule has 0 bridgehead atoms. The molecule has 1 saturated heterocycles. The lowest BCUT2D eigenvalue weighted by atomic mass is 10.2. The van der Waals surface area contributed by atoms with Gasteiger partial charge in [0.05, 0.1) is 17.9 Å². The lowest BCUT2D eigenvalue weighted by Crippen LogP contribution is -2.49. The molecule has 2 amide bonds. The molecule has 8 heteroatoms. The maximum Gasteiger partial charge on any atom is 0.265 e. The summed E-state index contributed by atoms with van der Waals surface area (Å²) in [5.74, 6) is 0.206. The predicted molar refractivity (Wildman–Crippen MR) is 101 cm³/mol. The number of morpholine rings is 1. The topological polar surface area (TPSA) is 71.1 Å². The third kappa shape index (κ3) is 4.75. The van der Waals surface area contributed by atoms with Crippen molar-refractivity contribution in [1.29, 1.82) is 0 Å². The average Bonchev–Trinajstić information content (AvgIpc) is 2.56. The quantitative estimate of drug-likeness (QED) is 0.771. The van der Waals surface area contributed by atoms with Gasteiger partial charge in [0, 0.05) is 30.7 Å². The molecule has 2 atom stereocenters. The number of halogens is 1. The van der Waals surface area contributed by atoms with Crippen molar-refractivity contribution in [3.63, 3.8) is 0 Å². The van der Waals surface area contributed by atoms with Crippen molar-refractivity contribution in [1.82, 2.24) is 10.2 Å². The smallest absolute Gasteiger partial charge is 0.265 e. The Hall–Kier alpha value is -1.64. The number of benzene rings is 1. The molecule has 1 aromatic carbocycles. The molecule has 7 nitrogen and oxygen atoms in total. The van der Waals surface area contributed by atoms with Crippen molar-refractivity contribution < 1.29 is 19.1 Å². The molecule has 2 aliphatic heterocycles. The number of rotatable bonds is 5. The molecule has 2 unspecified atom stereocenters. The molecule has 142 valence electrons. The maximum atomic E-state index is 12.3. The Bertz CT molecular complexity index is 674. The van der Waals surface area contributed by atoms with Crippen molar-refractivity contribution in [3.8, 4) is 5.75 Å². The van der Waals surface area contributed by atoms with E-state index in [0.29, 0.717) is 18.0 Å². The van der Waals surface area contributed by atoms with Gasteiger partial charge < -0.3 is 14.8 Å². The van der Waals surface area contributed by atoms with Gasteiger partial charge >= 0.3 is 0 Å². The Balaban J connectivity index is 1.51. The molecule has 26 heavy (non-hydrogen) atoms. The summed E-state index contributed by atoms with van der Waals surface area (Å²) in [5, 5.41) is 2.90. The summed E-state index contributed by atoms with van der Waals surface area (Å²) in [7, 11) is 0. The summed E-state index contributed by atoms with van der Waals surface area (Å²) < 4.78 is 12.0. The highest BCUT2D eigenvalue weighted by Gasteiger charge is 2.27. The summed E-state index contributed by atoms with van der Waals surface area (Å²) in [6, 6.07) is 5.40. The first-order chi connectivity index (χ1) is 12.4. The van der Waals surface area contributed by atoms with Gasteiger partial charge in [-0.2, -0.15) is 0 Å². The van der Waals surface area contributed by atoms with Gasteiger partial charge in [0.15, 0.2) is 6.61 Å². The Morgan fingerprint density at radius 3 is 2.77 bits per heavy atom. The van der Waals surface area contributed by atoms with Crippen LogP contribution in [0.4, 0.5) is 5.69 Å². The first-order valence-corrected chi connectivity index (χ1v) is 9.59. The first-order valence-electron chi connectivity index (χ1n) is 8.79. The summed E-state index contributed by atoms with van der Waals surface area (Å²) in [6.07, 6.45) is 0.410.